The Balaban J connectivity index is 2.13. The van der Waals surface area contributed by atoms with Gasteiger partial charge in [-0.05, 0) is 43.5 Å². The van der Waals surface area contributed by atoms with E-state index in [1.807, 2.05) is 54.3 Å². The van der Waals surface area contributed by atoms with Gasteiger partial charge in [-0.15, -0.1) is 0 Å². The molecule has 2 unspecified atom stereocenters. The molecular formula is C22H27NO5. The first-order valence-electron chi connectivity index (χ1n) is 9.52. The highest BCUT2D eigenvalue weighted by molar-refractivity contribution is 5.74. The van der Waals surface area contributed by atoms with E-state index in [-0.39, 0.29) is 6.04 Å². The van der Waals surface area contributed by atoms with Crippen LogP contribution in [-0.4, -0.2) is 49.4 Å². The lowest BCUT2D eigenvalue weighted by Gasteiger charge is -2.33. The Morgan fingerprint density at radius 1 is 1.14 bits per heavy atom. The quantitative estimate of drug-likeness (QED) is 0.747. The molecule has 2 aromatic carbocycles. The third-order valence-corrected chi connectivity index (χ3v) is 5.15. The van der Waals surface area contributed by atoms with Gasteiger partial charge in [-0.25, -0.2) is 0 Å². The molecule has 1 heterocycles. The molecule has 150 valence electrons. The standard InChI is InChI=1S/C22H27NO5/c1-4-28-19-12-11-15(14-20(19)27-3)21(16-8-5-6-10-18(16)26-2)23-13-7-9-17(23)22(24)25/h5-6,8,10-12,14,17,21H,4,7,9,13H2,1-3H3,(H,24,25). The average Bonchev–Trinajstić information content (AvgIpc) is 3.19. The van der Waals surface area contributed by atoms with Crippen molar-refractivity contribution in [2.45, 2.75) is 31.8 Å². The summed E-state index contributed by atoms with van der Waals surface area (Å²) in [5.41, 5.74) is 1.88. The Morgan fingerprint density at radius 3 is 2.57 bits per heavy atom. The largest absolute Gasteiger partial charge is 0.496 e. The second-order valence-corrected chi connectivity index (χ2v) is 6.72. The lowest BCUT2D eigenvalue weighted by atomic mass is 9.95. The number of methoxy groups -OCH3 is 2. The van der Waals surface area contributed by atoms with Gasteiger partial charge in [0.05, 0.1) is 26.9 Å². The lowest BCUT2D eigenvalue weighted by molar-refractivity contribution is -0.142. The van der Waals surface area contributed by atoms with Crippen LogP contribution in [-0.2, 0) is 4.79 Å². The molecule has 3 rings (SSSR count). The Morgan fingerprint density at radius 2 is 1.89 bits per heavy atom. The van der Waals surface area contributed by atoms with E-state index in [4.69, 9.17) is 14.2 Å². The van der Waals surface area contributed by atoms with Gasteiger partial charge in [-0.1, -0.05) is 24.3 Å². The first-order valence-corrected chi connectivity index (χ1v) is 9.52. The summed E-state index contributed by atoms with van der Waals surface area (Å²) in [5.74, 6) is 1.24. The van der Waals surface area contributed by atoms with Gasteiger partial charge >= 0.3 is 5.97 Å². The van der Waals surface area contributed by atoms with Gasteiger partial charge in [0.25, 0.3) is 0 Å². The molecule has 0 bridgehead atoms. The van der Waals surface area contributed by atoms with E-state index < -0.39 is 12.0 Å². The second kappa shape index (κ2) is 8.97. The summed E-state index contributed by atoms with van der Waals surface area (Å²) in [6, 6.07) is 12.7. The molecular weight excluding hydrogens is 358 g/mol. The fraction of sp³-hybridized carbons (Fsp3) is 0.409. The first kappa shape index (κ1) is 20.0. The normalized spacial score (nSPS) is 17.9. The van der Waals surface area contributed by atoms with E-state index >= 15 is 0 Å². The minimum absolute atomic E-state index is 0.260. The van der Waals surface area contributed by atoms with Crippen LogP contribution in [0, 0.1) is 0 Å². The molecule has 2 aromatic rings. The Hall–Kier alpha value is -2.73. The molecule has 0 saturated carbocycles. The zero-order valence-electron chi connectivity index (χ0n) is 16.6. The molecule has 2 atom stereocenters. The van der Waals surface area contributed by atoms with Gasteiger partial charge in [-0.3, -0.25) is 9.69 Å². The van der Waals surface area contributed by atoms with E-state index in [9.17, 15) is 9.90 Å². The van der Waals surface area contributed by atoms with Gasteiger partial charge < -0.3 is 19.3 Å². The van der Waals surface area contributed by atoms with E-state index in [2.05, 4.69) is 0 Å². The van der Waals surface area contributed by atoms with Gasteiger partial charge in [-0.2, -0.15) is 0 Å². The maximum Gasteiger partial charge on any atom is 0.320 e. The summed E-state index contributed by atoms with van der Waals surface area (Å²) >= 11 is 0. The number of benzene rings is 2. The number of carboxylic acids is 1. The number of hydrogen-bond donors (Lipinski definition) is 1. The molecule has 0 radical (unpaired) electrons. The summed E-state index contributed by atoms with van der Waals surface area (Å²) in [6.45, 7) is 3.17. The topological polar surface area (TPSA) is 68.2 Å². The summed E-state index contributed by atoms with van der Waals surface area (Å²) in [7, 11) is 3.24. The van der Waals surface area contributed by atoms with Crippen molar-refractivity contribution in [2.75, 3.05) is 27.4 Å². The number of para-hydroxylation sites is 1. The van der Waals surface area contributed by atoms with Gasteiger partial charge in [0.15, 0.2) is 11.5 Å². The molecule has 0 amide bonds. The van der Waals surface area contributed by atoms with E-state index in [0.29, 0.717) is 31.1 Å². The number of likely N-dealkylation sites (tertiary alicyclic amines) is 1. The van der Waals surface area contributed by atoms with Crippen molar-refractivity contribution in [2.24, 2.45) is 0 Å². The molecule has 1 aliphatic rings. The van der Waals surface area contributed by atoms with Crippen molar-refractivity contribution < 1.29 is 24.1 Å². The van der Waals surface area contributed by atoms with Crippen molar-refractivity contribution in [3.8, 4) is 17.2 Å². The Kier molecular flexibility index (Phi) is 6.41. The van der Waals surface area contributed by atoms with E-state index in [1.54, 1.807) is 14.2 Å². The van der Waals surface area contributed by atoms with Crippen molar-refractivity contribution in [1.29, 1.82) is 0 Å². The van der Waals surface area contributed by atoms with Crippen LogP contribution < -0.4 is 14.2 Å². The molecule has 1 fully saturated rings. The summed E-state index contributed by atoms with van der Waals surface area (Å²) in [4.78, 5) is 13.9. The molecule has 28 heavy (non-hydrogen) atoms. The summed E-state index contributed by atoms with van der Waals surface area (Å²) in [5, 5.41) is 9.75. The second-order valence-electron chi connectivity index (χ2n) is 6.72. The SMILES string of the molecule is CCOc1ccc(C(c2ccccc2OC)N2CCCC2C(=O)O)cc1OC. The highest BCUT2D eigenvalue weighted by Gasteiger charge is 2.38. The van der Waals surface area contributed by atoms with Crippen LogP contribution in [0.4, 0.5) is 0 Å². The number of hydrogen-bond acceptors (Lipinski definition) is 5. The van der Waals surface area contributed by atoms with Crippen molar-refractivity contribution in [1.82, 2.24) is 4.90 Å². The molecule has 6 nitrogen and oxygen atoms in total. The number of carbonyl (C=O) groups is 1. The van der Waals surface area contributed by atoms with Gasteiger partial charge in [0.1, 0.15) is 11.8 Å². The van der Waals surface area contributed by atoms with Crippen LogP contribution in [0.25, 0.3) is 0 Å². The number of ether oxygens (including phenoxy) is 3. The number of rotatable bonds is 8. The molecule has 1 N–H and O–H groups in total. The lowest BCUT2D eigenvalue weighted by Crippen LogP contribution is -2.39. The van der Waals surface area contributed by atoms with E-state index in [0.717, 1.165) is 23.3 Å². The summed E-state index contributed by atoms with van der Waals surface area (Å²) < 4.78 is 16.8. The van der Waals surface area contributed by atoms with E-state index in [1.165, 1.54) is 0 Å². The number of nitrogens with zero attached hydrogens (tertiary/aromatic N) is 1. The van der Waals surface area contributed by atoms with Crippen LogP contribution in [0.5, 0.6) is 17.2 Å². The minimum Gasteiger partial charge on any atom is -0.496 e. The third kappa shape index (κ3) is 3.92. The highest BCUT2D eigenvalue weighted by atomic mass is 16.5. The molecule has 0 spiro atoms. The van der Waals surface area contributed by atoms with Crippen molar-refractivity contribution in [3.05, 3.63) is 53.6 Å². The molecule has 1 aliphatic heterocycles. The average molecular weight is 385 g/mol. The predicted octanol–water partition coefficient (Wildman–Crippen LogP) is 3.74. The molecule has 0 aliphatic carbocycles. The number of aliphatic carboxylic acids is 1. The fourth-order valence-corrected chi connectivity index (χ4v) is 3.93. The maximum absolute atomic E-state index is 11.9. The fourth-order valence-electron chi connectivity index (χ4n) is 3.93. The molecule has 1 saturated heterocycles. The van der Waals surface area contributed by atoms with Crippen LogP contribution in [0.3, 0.4) is 0 Å². The van der Waals surface area contributed by atoms with Crippen LogP contribution in [0.2, 0.25) is 0 Å². The predicted molar refractivity (Wildman–Crippen MR) is 106 cm³/mol. The smallest absolute Gasteiger partial charge is 0.320 e. The van der Waals surface area contributed by atoms with Crippen molar-refractivity contribution in [3.63, 3.8) is 0 Å². The zero-order valence-corrected chi connectivity index (χ0v) is 16.6. The van der Waals surface area contributed by atoms with Crippen molar-refractivity contribution >= 4 is 5.97 Å². The monoisotopic (exact) mass is 385 g/mol. The Labute approximate surface area is 165 Å². The third-order valence-electron chi connectivity index (χ3n) is 5.15. The zero-order chi connectivity index (χ0) is 20.1. The molecule has 0 aromatic heterocycles. The number of carboxylic acid groups (broad SMARTS) is 1. The summed E-state index contributed by atoms with van der Waals surface area (Å²) in [6.07, 6.45) is 1.48. The molecule has 6 heteroatoms. The highest BCUT2D eigenvalue weighted by Crippen LogP contribution is 2.41. The Bertz CT molecular complexity index is 822. The van der Waals surface area contributed by atoms with Crippen LogP contribution in [0.1, 0.15) is 36.9 Å². The first-order chi connectivity index (χ1) is 13.6. The van der Waals surface area contributed by atoms with Gasteiger partial charge in [0.2, 0.25) is 0 Å². The van der Waals surface area contributed by atoms with Crippen LogP contribution >= 0.6 is 0 Å². The van der Waals surface area contributed by atoms with Gasteiger partial charge in [0, 0.05) is 12.1 Å². The maximum atomic E-state index is 11.9. The minimum atomic E-state index is -0.796. The van der Waals surface area contributed by atoms with Crippen LogP contribution in [0.15, 0.2) is 42.5 Å².